The maximum absolute atomic E-state index is 4.49. The van der Waals surface area contributed by atoms with Gasteiger partial charge in [0.15, 0.2) is 0 Å². The first-order valence-corrected chi connectivity index (χ1v) is 6.76. The molecule has 1 aliphatic carbocycles. The lowest BCUT2D eigenvalue weighted by atomic mass is 10.1. The Labute approximate surface area is 106 Å². The van der Waals surface area contributed by atoms with Crippen molar-refractivity contribution < 1.29 is 0 Å². The van der Waals surface area contributed by atoms with Gasteiger partial charge in [0.1, 0.15) is 0 Å². The topological polar surface area (TPSA) is 29.9 Å². The van der Waals surface area contributed by atoms with E-state index in [0.717, 1.165) is 25.2 Å². The first kappa shape index (κ1) is 12.1. The summed E-state index contributed by atoms with van der Waals surface area (Å²) >= 11 is 3.64. The van der Waals surface area contributed by atoms with Gasteiger partial charge >= 0.3 is 0 Å². The highest BCUT2D eigenvalue weighted by Gasteiger charge is 2.36. The van der Waals surface area contributed by atoms with Gasteiger partial charge in [-0.05, 0) is 40.6 Å². The quantitative estimate of drug-likeness (QED) is 0.901. The van der Waals surface area contributed by atoms with Gasteiger partial charge in [0, 0.05) is 20.1 Å². The third-order valence-corrected chi connectivity index (χ3v) is 4.37. The second-order valence-corrected chi connectivity index (χ2v) is 5.89. The molecule has 0 aromatic carbocycles. The average molecular weight is 286 g/mol. The zero-order valence-corrected chi connectivity index (χ0v) is 11.9. The van der Waals surface area contributed by atoms with Crippen molar-refractivity contribution in [3.05, 3.63) is 15.9 Å². The molecule has 1 aromatic rings. The van der Waals surface area contributed by atoms with Gasteiger partial charge in [0.05, 0.1) is 15.9 Å². The predicted molar refractivity (Wildman–Crippen MR) is 69.3 cm³/mol. The molecule has 16 heavy (non-hydrogen) atoms. The third-order valence-electron chi connectivity index (χ3n) is 3.45. The molecule has 0 bridgehead atoms. The number of halogens is 1. The molecular weight excluding hydrogens is 266 g/mol. The lowest BCUT2D eigenvalue weighted by Gasteiger charge is -2.10. The number of nitrogens with one attached hydrogen (secondary N) is 1. The Morgan fingerprint density at radius 1 is 1.50 bits per heavy atom. The Hall–Kier alpha value is -0.350. The molecule has 0 saturated heterocycles. The van der Waals surface area contributed by atoms with E-state index >= 15 is 0 Å². The van der Waals surface area contributed by atoms with Crippen LogP contribution in [0.2, 0.25) is 0 Å². The highest BCUT2D eigenvalue weighted by molar-refractivity contribution is 9.10. The lowest BCUT2D eigenvalue weighted by molar-refractivity contribution is 0.489. The molecule has 1 fully saturated rings. The minimum Gasteiger partial charge on any atom is -0.311 e. The van der Waals surface area contributed by atoms with Gasteiger partial charge in [-0.1, -0.05) is 13.8 Å². The zero-order valence-electron chi connectivity index (χ0n) is 10.3. The molecule has 0 radical (unpaired) electrons. The molecule has 4 heteroatoms. The summed E-state index contributed by atoms with van der Waals surface area (Å²) in [5.74, 6) is 0. The van der Waals surface area contributed by atoms with Crippen LogP contribution in [0.1, 0.15) is 38.1 Å². The lowest BCUT2D eigenvalue weighted by Crippen LogP contribution is -2.22. The summed E-state index contributed by atoms with van der Waals surface area (Å²) in [6.45, 7) is 6.50. The Balaban J connectivity index is 1.95. The first-order valence-electron chi connectivity index (χ1n) is 5.97. The van der Waals surface area contributed by atoms with Crippen LogP contribution >= 0.6 is 15.9 Å². The van der Waals surface area contributed by atoms with E-state index in [1.54, 1.807) is 0 Å². The van der Waals surface area contributed by atoms with Crippen molar-refractivity contribution >= 4 is 15.9 Å². The summed E-state index contributed by atoms with van der Waals surface area (Å²) in [5, 5.41) is 8.02. The first-order chi connectivity index (χ1) is 7.56. The highest BCUT2D eigenvalue weighted by Crippen LogP contribution is 2.44. The van der Waals surface area contributed by atoms with Gasteiger partial charge in [-0.25, -0.2) is 0 Å². The van der Waals surface area contributed by atoms with Crippen molar-refractivity contribution in [1.29, 1.82) is 0 Å². The molecule has 1 saturated carbocycles. The van der Waals surface area contributed by atoms with E-state index < -0.39 is 0 Å². The van der Waals surface area contributed by atoms with Crippen LogP contribution < -0.4 is 5.32 Å². The fourth-order valence-corrected chi connectivity index (χ4v) is 2.64. The van der Waals surface area contributed by atoms with Gasteiger partial charge < -0.3 is 5.32 Å². The summed E-state index contributed by atoms with van der Waals surface area (Å²) in [7, 11) is 2.01. The number of hydrogen-bond acceptors (Lipinski definition) is 2. The predicted octanol–water partition coefficient (Wildman–Crippen LogP) is 2.63. The minimum absolute atomic E-state index is 0.568. The van der Waals surface area contributed by atoms with Crippen LogP contribution in [-0.4, -0.2) is 16.3 Å². The van der Waals surface area contributed by atoms with Crippen LogP contribution in [0.3, 0.4) is 0 Å². The maximum atomic E-state index is 4.49. The molecule has 0 atom stereocenters. The fraction of sp³-hybridized carbons (Fsp3) is 0.750. The van der Waals surface area contributed by atoms with Crippen LogP contribution in [0.25, 0.3) is 0 Å². The smallest absolute Gasteiger partial charge is 0.0767 e. The van der Waals surface area contributed by atoms with E-state index in [-0.39, 0.29) is 0 Å². The van der Waals surface area contributed by atoms with E-state index in [1.165, 1.54) is 23.0 Å². The summed E-state index contributed by atoms with van der Waals surface area (Å²) in [6, 6.07) is 0. The molecule has 0 amide bonds. The maximum Gasteiger partial charge on any atom is 0.0767 e. The molecule has 0 spiro atoms. The van der Waals surface area contributed by atoms with Gasteiger partial charge in [-0.3, -0.25) is 4.68 Å². The highest BCUT2D eigenvalue weighted by atomic mass is 79.9. The van der Waals surface area contributed by atoms with Crippen molar-refractivity contribution in [2.75, 3.05) is 6.54 Å². The molecule has 3 nitrogen and oxygen atoms in total. The summed E-state index contributed by atoms with van der Waals surface area (Å²) < 4.78 is 3.15. The number of hydrogen-bond donors (Lipinski definition) is 1. The van der Waals surface area contributed by atoms with Gasteiger partial charge in [-0.2, -0.15) is 5.10 Å². The van der Waals surface area contributed by atoms with Crippen LogP contribution in [0.5, 0.6) is 0 Å². The Bertz CT molecular complexity index is 380. The van der Waals surface area contributed by atoms with E-state index in [4.69, 9.17) is 0 Å². The van der Waals surface area contributed by atoms with Gasteiger partial charge in [-0.15, -0.1) is 0 Å². The second kappa shape index (κ2) is 4.49. The minimum atomic E-state index is 0.568. The third kappa shape index (κ3) is 2.48. The number of aryl methyl sites for hydroxylation is 2. The molecule has 1 aliphatic rings. The van der Waals surface area contributed by atoms with Crippen molar-refractivity contribution in [3.8, 4) is 0 Å². The summed E-state index contributed by atoms with van der Waals surface area (Å²) in [5.41, 5.74) is 2.97. The van der Waals surface area contributed by atoms with E-state index in [2.05, 4.69) is 40.2 Å². The number of rotatable bonds is 5. The van der Waals surface area contributed by atoms with Crippen LogP contribution in [-0.2, 0) is 20.0 Å². The van der Waals surface area contributed by atoms with E-state index in [0.29, 0.717) is 5.41 Å². The second-order valence-electron chi connectivity index (χ2n) is 5.10. The molecule has 90 valence electrons. The standard InChI is InChI=1S/C12H20BrN3/c1-4-9-11(13)10(16(3)15-9)7-14-8-12(2)5-6-12/h14H,4-8H2,1-3H3. The molecule has 0 unspecified atom stereocenters. The van der Waals surface area contributed by atoms with Crippen molar-refractivity contribution in [3.63, 3.8) is 0 Å². The van der Waals surface area contributed by atoms with Crippen molar-refractivity contribution in [2.24, 2.45) is 12.5 Å². The largest absolute Gasteiger partial charge is 0.311 e. The van der Waals surface area contributed by atoms with E-state index in [9.17, 15) is 0 Å². The zero-order chi connectivity index (χ0) is 11.8. The van der Waals surface area contributed by atoms with E-state index in [1.807, 2.05) is 11.7 Å². The van der Waals surface area contributed by atoms with Crippen LogP contribution in [0, 0.1) is 5.41 Å². The Morgan fingerprint density at radius 2 is 2.19 bits per heavy atom. The van der Waals surface area contributed by atoms with Crippen LogP contribution in [0.15, 0.2) is 4.47 Å². The van der Waals surface area contributed by atoms with Gasteiger partial charge in [0.25, 0.3) is 0 Å². The fourth-order valence-electron chi connectivity index (χ4n) is 1.88. The monoisotopic (exact) mass is 285 g/mol. The normalized spacial score (nSPS) is 17.8. The number of nitrogens with zero attached hydrogens (tertiary/aromatic N) is 2. The Kier molecular flexibility index (Phi) is 3.40. The van der Waals surface area contributed by atoms with Crippen molar-refractivity contribution in [2.45, 2.75) is 39.7 Å². The molecule has 0 aliphatic heterocycles. The molecule has 1 heterocycles. The summed E-state index contributed by atoms with van der Waals surface area (Å²) in [4.78, 5) is 0. The van der Waals surface area contributed by atoms with Gasteiger partial charge in [0.2, 0.25) is 0 Å². The molecule has 1 N–H and O–H groups in total. The van der Waals surface area contributed by atoms with Crippen molar-refractivity contribution in [1.82, 2.24) is 15.1 Å². The van der Waals surface area contributed by atoms with Crippen LogP contribution in [0.4, 0.5) is 0 Å². The number of aromatic nitrogens is 2. The molecular formula is C12H20BrN3. The molecule has 2 rings (SSSR count). The average Bonchev–Trinajstić information content (AvgIpc) is 2.91. The molecule has 1 aromatic heterocycles. The Morgan fingerprint density at radius 3 is 2.69 bits per heavy atom. The SMILES string of the molecule is CCc1nn(C)c(CNCC2(C)CC2)c1Br. The summed E-state index contributed by atoms with van der Waals surface area (Å²) in [6.07, 6.45) is 3.71.